The summed E-state index contributed by atoms with van der Waals surface area (Å²) >= 11 is 0. The molecule has 0 radical (unpaired) electrons. The highest BCUT2D eigenvalue weighted by molar-refractivity contribution is 6.04. The molecule has 31 heavy (non-hydrogen) atoms. The molecule has 2 atom stereocenters. The van der Waals surface area contributed by atoms with Crippen molar-refractivity contribution in [3.63, 3.8) is 0 Å². The van der Waals surface area contributed by atoms with Crippen LogP contribution in [0.4, 0.5) is 0 Å². The maximum atomic E-state index is 13.1. The monoisotopic (exact) mass is 436 g/mol. The molecule has 1 saturated heterocycles. The van der Waals surface area contributed by atoms with Crippen LogP contribution in [0, 0.1) is 16.7 Å². The lowest BCUT2D eigenvalue weighted by Gasteiger charge is -2.33. The number of imide groups is 1. The van der Waals surface area contributed by atoms with Crippen LogP contribution in [0.5, 0.6) is 0 Å². The Kier molecular flexibility index (Phi) is 11.8. The van der Waals surface area contributed by atoms with Gasteiger partial charge in [-0.15, -0.1) is 0 Å². The molecule has 0 aliphatic carbocycles. The summed E-state index contributed by atoms with van der Waals surface area (Å²) in [6.07, 6.45) is 12.4. The van der Waals surface area contributed by atoms with E-state index in [0.29, 0.717) is 13.0 Å². The maximum absolute atomic E-state index is 13.1. The van der Waals surface area contributed by atoms with Crippen molar-refractivity contribution in [1.82, 2.24) is 10.2 Å². The number of nitrogens with zero attached hydrogens (tertiary/aromatic N) is 1. The van der Waals surface area contributed by atoms with Crippen LogP contribution in [0.2, 0.25) is 0 Å². The zero-order valence-electron chi connectivity index (χ0n) is 21.1. The highest BCUT2D eigenvalue weighted by atomic mass is 16.2. The lowest BCUT2D eigenvalue weighted by atomic mass is 9.70. The Morgan fingerprint density at radius 2 is 1.52 bits per heavy atom. The van der Waals surface area contributed by atoms with Crippen molar-refractivity contribution in [2.45, 2.75) is 119 Å². The molecule has 1 heterocycles. The first-order valence-corrected chi connectivity index (χ1v) is 12.8. The highest BCUT2D eigenvalue weighted by Crippen LogP contribution is 2.42. The number of unbranched alkanes of at least 4 members (excludes halogenated alkanes) is 6. The molecule has 0 aromatic carbocycles. The smallest absolute Gasteiger partial charge is 0.233 e. The van der Waals surface area contributed by atoms with Gasteiger partial charge in [-0.25, -0.2) is 0 Å². The van der Waals surface area contributed by atoms with Crippen LogP contribution in [-0.4, -0.2) is 35.7 Å². The molecule has 0 aromatic heterocycles. The van der Waals surface area contributed by atoms with E-state index in [9.17, 15) is 14.4 Å². The number of amides is 3. The molecule has 1 rings (SSSR count). The van der Waals surface area contributed by atoms with Gasteiger partial charge in [-0.05, 0) is 24.7 Å². The fourth-order valence-electron chi connectivity index (χ4n) is 4.64. The Bertz CT molecular complexity index is 587. The van der Waals surface area contributed by atoms with Crippen molar-refractivity contribution in [1.29, 1.82) is 0 Å². The third-order valence-corrected chi connectivity index (χ3v) is 7.39. The predicted octanol–water partition coefficient (Wildman–Crippen LogP) is 5.86. The molecule has 180 valence electrons. The maximum Gasteiger partial charge on any atom is 0.233 e. The Balaban J connectivity index is 2.56. The molecular weight excluding hydrogens is 388 g/mol. The molecule has 1 aliphatic rings. The van der Waals surface area contributed by atoms with Gasteiger partial charge in [-0.3, -0.25) is 19.3 Å². The quantitative estimate of drug-likeness (QED) is 0.243. The largest absolute Gasteiger partial charge is 0.354 e. The summed E-state index contributed by atoms with van der Waals surface area (Å²) in [6, 6.07) is 0. The number of carbonyl (C=O) groups is 3. The number of rotatable bonds is 16. The number of nitrogens with one attached hydrogen (secondary N) is 1. The van der Waals surface area contributed by atoms with Gasteiger partial charge in [0, 0.05) is 24.9 Å². The van der Waals surface area contributed by atoms with E-state index in [-0.39, 0.29) is 35.6 Å². The summed E-state index contributed by atoms with van der Waals surface area (Å²) in [5.41, 5.74) is -0.548. The third kappa shape index (κ3) is 8.23. The van der Waals surface area contributed by atoms with E-state index < -0.39 is 5.41 Å². The summed E-state index contributed by atoms with van der Waals surface area (Å²) in [6.45, 7) is 13.2. The molecular formula is C26H48N2O3. The molecule has 0 saturated carbocycles. The van der Waals surface area contributed by atoms with Crippen molar-refractivity contribution >= 4 is 17.7 Å². The van der Waals surface area contributed by atoms with E-state index in [4.69, 9.17) is 0 Å². The van der Waals surface area contributed by atoms with E-state index in [1.807, 2.05) is 13.8 Å². The second-order valence-electron chi connectivity index (χ2n) is 10.4. The van der Waals surface area contributed by atoms with Crippen LogP contribution in [0.3, 0.4) is 0 Å². The van der Waals surface area contributed by atoms with Crippen LogP contribution in [-0.2, 0) is 14.4 Å². The van der Waals surface area contributed by atoms with Crippen molar-refractivity contribution in [2.24, 2.45) is 16.7 Å². The summed E-state index contributed by atoms with van der Waals surface area (Å²) in [5, 5.41) is 2.96. The summed E-state index contributed by atoms with van der Waals surface area (Å²) < 4.78 is 0. The van der Waals surface area contributed by atoms with Gasteiger partial charge < -0.3 is 5.32 Å². The minimum atomic E-state index is -0.422. The van der Waals surface area contributed by atoms with Gasteiger partial charge in [0.1, 0.15) is 0 Å². The van der Waals surface area contributed by atoms with E-state index in [1.165, 1.54) is 37.0 Å². The summed E-state index contributed by atoms with van der Waals surface area (Å²) in [5.74, 6) is -0.347. The predicted molar refractivity (Wildman–Crippen MR) is 128 cm³/mol. The Morgan fingerprint density at radius 1 is 0.935 bits per heavy atom. The number of likely N-dealkylation sites (tertiary alicyclic amines) is 1. The standard InChI is InChI=1S/C26H48N2O3/c1-7-10-12-14-16-25(4,5)24(31)27-18-19-28-22(29)20-21(23(28)30)26(6,9-3)17-15-13-11-8-2/h21H,7-20H2,1-6H3,(H,27,31). The molecule has 1 aliphatic heterocycles. The lowest BCUT2D eigenvalue weighted by Crippen LogP contribution is -2.43. The van der Waals surface area contributed by atoms with Gasteiger partial charge in [0.05, 0.1) is 5.92 Å². The zero-order chi connectivity index (χ0) is 23.5. The molecule has 1 fully saturated rings. The fraction of sp³-hybridized carbons (Fsp3) is 0.885. The highest BCUT2D eigenvalue weighted by Gasteiger charge is 2.47. The molecule has 0 spiro atoms. The van der Waals surface area contributed by atoms with E-state index in [1.54, 1.807) is 0 Å². The van der Waals surface area contributed by atoms with E-state index in [0.717, 1.165) is 38.5 Å². The zero-order valence-corrected chi connectivity index (χ0v) is 21.1. The summed E-state index contributed by atoms with van der Waals surface area (Å²) in [4.78, 5) is 39.7. The van der Waals surface area contributed by atoms with Gasteiger partial charge in [-0.1, -0.05) is 92.9 Å². The van der Waals surface area contributed by atoms with Crippen molar-refractivity contribution in [3.8, 4) is 0 Å². The second kappa shape index (κ2) is 13.2. The molecule has 2 unspecified atom stereocenters. The number of hydrogen-bond acceptors (Lipinski definition) is 3. The molecule has 0 aromatic rings. The third-order valence-electron chi connectivity index (χ3n) is 7.39. The van der Waals surface area contributed by atoms with Gasteiger partial charge in [0.25, 0.3) is 0 Å². The van der Waals surface area contributed by atoms with Gasteiger partial charge in [0.2, 0.25) is 17.7 Å². The average Bonchev–Trinajstić information content (AvgIpc) is 3.03. The van der Waals surface area contributed by atoms with Crippen molar-refractivity contribution in [3.05, 3.63) is 0 Å². The fourth-order valence-corrected chi connectivity index (χ4v) is 4.64. The second-order valence-corrected chi connectivity index (χ2v) is 10.4. The minimum Gasteiger partial charge on any atom is -0.354 e. The van der Waals surface area contributed by atoms with Crippen LogP contribution in [0.25, 0.3) is 0 Å². The molecule has 5 nitrogen and oxygen atoms in total. The van der Waals surface area contributed by atoms with Crippen molar-refractivity contribution in [2.75, 3.05) is 13.1 Å². The Hall–Kier alpha value is -1.39. The van der Waals surface area contributed by atoms with E-state index >= 15 is 0 Å². The number of hydrogen-bond donors (Lipinski definition) is 1. The Labute approximate surface area is 191 Å². The first-order valence-electron chi connectivity index (χ1n) is 12.8. The summed E-state index contributed by atoms with van der Waals surface area (Å²) in [7, 11) is 0. The molecule has 1 N–H and O–H groups in total. The van der Waals surface area contributed by atoms with Gasteiger partial charge in [-0.2, -0.15) is 0 Å². The van der Waals surface area contributed by atoms with Crippen LogP contribution < -0.4 is 5.32 Å². The number of carbonyl (C=O) groups excluding carboxylic acids is 3. The molecule has 3 amide bonds. The SMILES string of the molecule is CCCCCCC(C)(C)C(=O)NCCN1C(=O)CC(C(C)(CC)CCCCCC)C1=O. The minimum absolute atomic E-state index is 0.00830. The van der Waals surface area contributed by atoms with Gasteiger partial charge >= 0.3 is 0 Å². The lowest BCUT2D eigenvalue weighted by molar-refractivity contribution is -0.141. The molecule has 5 heteroatoms. The van der Waals surface area contributed by atoms with Crippen LogP contribution in [0.1, 0.15) is 119 Å². The van der Waals surface area contributed by atoms with Crippen LogP contribution >= 0.6 is 0 Å². The normalized spacial score (nSPS) is 19.0. The first-order chi connectivity index (χ1) is 14.6. The Morgan fingerprint density at radius 3 is 2.06 bits per heavy atom. The van der Waals surface area contributed by atoms with Crippen LogP contribution in [0.15, 0.2) is 0 Å². The van der Waals surface area contributed by atoms with E-state index in [2.05, 4.69) is 33.0 Å². The molecule has 0 bridgehead atoms. The first kappa shape index (κ1) is 27.6. The average molecular weight is 437 g/mol. The van der Waals surface area contributed by atoms with Gasteiger partial charge in [0.15, 0.2) is 0 Å². The topological polar surface area (TPSA) is 66.5 Å². The van der Waals surface area contributed by atoms with Crippen molar-refractivity contribution < 1.29 is 14.4 Å².